The quantitative estimate of drug-likeness (QED) is 0.165. The summed E-state index contributed by atoms with van der Waals surface area (Å²) in [4.78, 5) is 5.25. The fourth-order valence-corrected chi connectivity index (χ4v) is 11.7. The summed E-state index contributed by atoms with van der Waals surface area (Å²) in [5.74, 6) is 0. The van der Waals surface area contributed by atoms with Crippen LogP contribution in [0.4, 0.5) is 34.1 Å². The van der Waals surface area contributed by atoms with E-state index in [1.807, 2.05) is 11.3 Å². The van der Waals surface area contributed by atoms with Gasteiger partial charge in [-0.05, 0) is 164 Å². The third-order valence-corrected chi connectivity index (χ3v) is 15.3. The van der Waals surface area contributed by atoms with Crippen LogP contribution in [0.3, 0.4) is 0 Å². The lowest BCUT2D eigenvalue weighted by Gasteiger charge is -2.45. The predicted molar refractivity (Wildman–Crippen MR) is 285 cm³/mol. The second-order valence-corrected chi connectivity index (χ2v) is 24.3. The van der Waals surface area contributed by atoms with Crippen molar-refractivity contribution >= 4 is 89.8 Å². The number of anilines is 6. The van der Waals surface area contributed by atoms with Crippen molar-refractivity contribution in [1.29, 1.82) is 0 Å². The van der Waals surface area contributed by atoms with Gasteiger partial charge in [-0.1, -0.05) is 132 Å². The van der Waals surface area contributed by atoms with E-state index in [0.717, 1.165) is 16.9 Å². The van der Waals surface area contributed by atoms with Crippen molar-refractivity contribution < 1.29 is 4.42 Å². The first kappa shape index (κ1) is 43.4. The summed E-state index contributed by atoms with van der Waals surface area (Å²) in [6.45, 7) is 37.1. The van der Waals surface area contributed by atoms with Gasteiger partial charge in [-0.15, -0.1) is 11.3 Å². The molecule has 6 aromatic carbocycles. The molecule has 5 heteroatoms. The number of rotatable bonds is 3. The highest BCUT2D eigenvalue weighted by Crippen LogP contribution is 2.52. The maximum atomic E-state index is 7.42. The Hall–Kier alpha value is -5.52. The lowest BCUT2D eigenvalue weighted by Crippen LogP contribution is -2.61. The highest BCUT2D eigenvalue weighted by Gasteiger charge is 2.48. The van der Waals surface area contributed by atoms with Gasteiger partial charge < -0.3 is 14.2 Å². The molecule has 2 aliphatic heterocycles. The van der Waals surface area contributed by atoms with E-state index in [2.05, 4.69) is 223 Å². The monoisotopic (exact) mass is 872 g/mol. The maximum Gasteiger partial charge on any atom is 0.297 e. The number of hydrogen-bond donors (Lipinski definition) is 0. The number of thiophene rings is 1. The van der Waals surface area contributed by atoms with Crippen molar-refractivity contribution in [3.05, 3.63) is 147 Å². The van der Waals surface area contributed by atoms with E-state index >= 15 is 0 Å². The number of benzene rings is 6. The van der Waals surface area contributed by atoms with Crippen LogP contribution in [0.5, 0.6) is 0 Å². The van der Waals surface area contributed by atoms with E-state index in [0.29, 0.717) is 0 Å². The van der Waals surface area contributed by atoms with Crippen LogP contribution >= 0.6 is 11.3 Å². The third kappa shape index (κ3) is 6.90. The van der Waals surface area contributed by atoms with Gasteiger partial charge in [0, 0.05) is 38.1 Å². The smallest absolute Gasteiger partial charge is 0.297 e. The minimum atomic E-state index is -0.138. The van der Waals surface area contributed by atoms with Crippen LogP contribution in [-0.4, -0.2) is 6.71 Å². The molecule has 2 aliphatic rings. The Bertz CT molecular complexity index is 3210. The summed E-state index contributed by atoms with van der Waals surface area (Å²) in [6.07, 6.45) is 0. The molecule has 0 unspecified atom stereocenters. The molecule has 0 saturated heterocycles. The maximum absolute atomic E-state index is 7.42. The third-order valence-electron chi connectivity index (χ3n) is 14.3. The van der Waals surface area contributed by atoms with E-state index in [4.69, 9.17) is 4.42 Å². The standard InChI is InChI=1S/C60H65BN2OS/c1-34-25-38(45-33-65-51-20-18-17-19-43(45)51)26-35(2)53(34)62-47-23-21-40(58(8,9)10)30-46(47)61-52-48(62)31-42(60(14,15)16)32-49(52)63(54-36(3)27-41(28-37(54)4)59(11,12)13)55-44-29-39(57(5,6)7)22-24-50(44)64-56(55)61/h17-33H,1-16H3. The van der Waals surface area contributed by atoms with Crippen LogP contribution in [0.15, 0.2) is 107 Å². The zero-order valence-electron chi connectivity index (χ0n) is 41.6. The fourth-order valence-electron chi connectivity index (χ4n) is 10.7. The number of fused-ring (bicyclic) bond motifs is 7. The molecule has 65 heavy (non-hydrogen) atoms. The lowest BCUT2D eigenvalue weighted by molar-refractivity contribution is 0.589. The first-order chi connectivity index (χ1) is 30.4. The van der Waals surface area contributed by atoms with Gasteiger partial charge in [0.15, 0.2) is 0 Å². The van der Waals surface area contributed by atoms with E-state index in [1.165, 1.54) is 110 Å². The molecule has 330 valence electrons. The van der Waals surface area contributed by atoms with Gasteiger partial charge in [0.25, 0.3) is 6.71 Å². The summed E-state index contributed by atoms with van der Waals surface area (Å²) in [5.41, 5.74) is 24.5. The van der Waals surface area contributed by atoms with E-state index < -0.39 is 0 Å². The molecule has 0 aliphatic carbocycles. The predicted octanol–water partition coefficient (Wildman–Crippen LogP) is 15.8. The van der Waals surface area contributed by atoms with Crippen molar-refractivity contribution in [2.45, 2.75) is 132 Å². The highest BCUT2D eigenvalue weighted by molar-refractivity contribution is 7.17. The number of hydrogen-bond acceptors (Lipinski definition) is 4. The van der Waals surface area contributed by atoms with Gasteiger partial charge in [0.2, 0.25) is 0 Å². The molecular weight excluding hydrogens is 808 g/mol. The Kier molecular flexibility index (Phi) is 9.67. The highest BCUT2D eigenvalue weighted by atomic mass is 32.1. The van der Waals surface area contributed by atoms with Gasteiger partial charge in [-0.25, -0.2) is 0 Å². The topological polar surface area (TPSA) is 19.6 Å². The summed E-state index contributed by atoms with van der Waals surface area (Å²) in [6, 6.07) is 37.8. The first-order valence-corrected chi connectivity index (χ1v) is 24.5. The molecule has 0 fully saturated rings. The van der Waals surface area contributed by atoms with Crippen LogP contribution < -0.4 is 26.4 Å². The number of aryl methyl sites for hydroxylation is 4. The van der Waals surface area contributed by atoms with Gasteiger partial charge in [-0.2, -0.15) is 0 Å². The Morgan fingerprint density at radius 3 is 1.62 bits per heavy atom. The Morgan fingerprint density at radius 2 is 1.00 bits per heavy atom. The molecule has 0 atom stereocenters. The minimum Gasteiger partial charge on any atom is -0.468 e. The molecule has 0 bridgehead atoms. The molecule has 0 saturated carbocycles. The molecule has 0 radical (unpaired) electrons. The van der Waals surface area contributed by atoms with Crippen LogP contribution in [0, 0.1) is 27.7 Å². The summed E-state index contributed by atoms with van der Waals surface area (Å²) in [7, 11) is 0. The minimum absolute atomic E-state index is 0.0121. The summed E-state index contributed by atoms with van der Waals surface area (Å²) in [5, 5.41) is 4.81. The Balaban J connectivity index is 1.34. The van der Waals surface area contributed by atoms with Crippen molar-refractivity contribution in [3.63, 3.8) is 0 Å². The number of furan rings is 1. The second kappa shape index (κ2) is 14.5. The van der Waals surface area contributed by atoms with Crippen LogP contribution in [-0.2, 0) is 21.7 Å². The molecule has 0 N–H and O–H groups in total. The lowest BCUT2D eigenvalue weighted by atomic mass is 9.35. The average molecular weight is 873 g/mol. The van der Waals surface area contributed by atoms with E-state index in [1.54, 1.807) is 0 Å². The van der Waals surface area contributed by atoms with Gasteiger partial charge >= 0.3 is 0 Å². The van der Waals surface area contributed by atoms with Crippen molar-refractivity contribution in [3.8, 4) is 11.1 Å². The van der Waals surface area contributed by atoms with Crippen LogP contribution in [0.2, 0.25) is 0 Å². The van der Waals surface area contributed by atoms with Crippen molar-refractivity contribution in [2.75, 3.05) is 9.80 Å². The molecule has 0 amide bonds. The van der Waals surface area contributed by atoms with Gasteiger partial charge in [-0.3, -0.25) is 0 Å². The molecule has 8 aromatic rings. The summed E-state index contributed by atoms with van der Waals surface area (Å²) < 4.78 is 8.74. The molecule has 4 heterocycles. The first-order valence-electron chi connectivity index (χ1n) is 23.6. The van der Waals surface area contributed by atoms with Crippen molar-refractivity contribution in [1.82, 2.24) is 0 Å². The van der Waals surface area contributed by atoms with E-state index in [-0.39, 0.29) is 28.4 Å². The van der Waals surface area contributed by atoms with Gasteiger partial charge in [0.1, 0.15) is 5.58 Å². The molecular formula is C60H65BN2OS. The second-order valence-electron chi connectivity index (χ2n) is 23.4. The summed E-state index contributed by atoms with van der Waals surface area (Å²) >= 11 is 1.83. The normalized spacial score (nSPS) is 14.1. The van der Waals surface area contributed by atoms with Gasteiger partial charge in [0.05, 0.1) is 22.7 Å². The zero-order chi connectivity index (χ0) is 46.4. The van der Waals surface area contributed by atoms with Crippen LogP contribution in [0.25, 0.3) is 32.2 Å². The Morgan fingerprint density at radius 1 is 0.477 bits per heavy atom. The van der Waals surface area contributed by atoms with Crippen molar-refractivity contribution in [2.24, 2.45) is 0 Å². The van der Waals surface area contributed by atoms with Crippen LogP contribution in [0.1, 0.15) is 128 Å². The molecule has 2 aromatic heterocycles. The molecule has 3 nitrogen and oxygen atoms in total. The average Bonchev–Trinajstić information content (AvgIpc) is 3.82. The largest absolute Gasteiger partial charge is 0.468 e. The molecule has 0 spiro atoms. The Labute approximate surface area is 392 Å². The molecule has 10 rings (SSSR count). The SMILES string of the molecule is Cc1cc(-c2csc3ccccc23)cc(C)c1N1c2ccc(C(C)(C)C)cc2B2c3oc4ccc(C(C)(C)C)cc4c3N(c3c(C)cc(C(C)(C)C)cc3C)c3cc(C(C)(C)C)cc1c32. The zero-order valence-corrected chi connectivity index (χ0v) is 42.4. The fraction of sp³-hybridized carbons (Fsp3) is 0.333. The number of nitrogens with zero attached hydrogens (tertiary/aromatic N) is 2. The van der Waals surface area contributed by atoms with E-state index in [9.17, 15) is 0 Å².